The summed E-state index contributed by atoms with van der Waals surface area (Å²) in [4.78, 5) is 27.3. The lowest BCUT2D eigenvalue weighted by molar-refractivity contribution is -0.126. The Hall–Kier alpha value is -3.55. The number of hydrogen-bond donors (Lipinski definition) is 1. The average Bonchev–Trinajstić information content (AvgIpc) is 3.43. The molecule has 1 saturated carbocycles. The van der Waals surface area contributed by atoms with Crippen molar-refractivity contribution >= 4 is 11.8 Å². The Balaban J connectivity index is 1.11. The number of hydrogen-bond acceptors (Lipinski definition) is 5. The van der Waals surface area contributed by atoms with Crippen LogP contribution in [0, 0.1) is 11.8 Å². The van der Waals surface area contributed by atoms with Crippen LogP contribution >= 0.6 is 0 Å². The molecule has 8 heteroatoms. The molecule has 1 N–H and O–H groups in total. The van der Waals surface area contributed by atoms with Crippen molar-refractivity contribution in [2.45, 2.75) is 38.8 Å². The number of amides is 2. The Bertz CT molecular complexity index is 1100. The molecule has 1 aliphatic heterocycles. The van der Waals surface area contributed by atoms with Crippen LogP contribution in [0.25, 0.3) is 5.69 Å². The number of para-hydroxylation sites is 1. The van der Waals surface area contributed by atoms with Gasteiger partial charge in [-0.05, 0) is 65.8 Å². The normalized spacial score (nSPS) is 20.2. The van der Waals surface area contributed by atoms with E-state index in [1.807, 2.05) is 59.5 Å². The highest BCUT2D eigenvalue weighted by molar-refractivity contribution is 5.98. The van der Waals surface area contributed by atoms with Gasteiger partial charge in [-0.15, -0.1) is 5.10 Å². The van der Waals surface area contributed by atoms with E-state index in [1.54, 1.807) is 4.68 Å². The Morgan fingerprint density at radius 1 is 1.00 bits per heavy atom. The molecule has 32 heavy (non-hydrogen) atoms. The van der Waals surface area contributed by atoms with E-state index in [4.69, 9.17) is 0 Å². The first-order valence-electron chi connectivity index (χ1n) is 11.2. The maximum atomic E-state index is 12.7. The van der Waals surface area contributed by atoms with Crippen LogP contribution in [-0.4, -0.2) is 43.5 Å². The van der Waals surface area contributed by atoms with E-state index < -0.39 is 0 Å². The van der Waals surface area contributed by atoms with Crippen molar-refractivity contribution in [1.29, 1.82) is 0 Å². The van der Waals surface area contributed by atoms with Gasteiger partial charge >= 0.3 is 0 Å². The molecule has 2 amide bonds. The van der Waals surface area contributed by atoms with Crippen molar-refractivity contribution in [3.8, 4) is 5.69 Å². The molecule has 0 saturated heterocycles. The zero-order chi connectivity index (χ0) is 21.9. The summed E-state index contributed by atoms with van der Waals surface area (Å²) in [6.45, 7) is 1.76. The maximum absolute atomic E-state index is 12.7. The third kappa shape index (κ3) is 4.12. The van der Waals surface area contributed by atoms with Crippen LogP contribution < -0.4 is 5.32 Å². The number of carbonyl (C=O) groups excluding carboxylic acids is 2. The molecule has 0 atom stereocenters. The number of nitrogens with one attached hydrogen (secondary N) is 1. The zero-order valence-corrected chi connectivity index (χ0v) is 17.9. The molecule has 5 rings (SSSR count). The van der Waals surface area contributed by atoms with Gasteiger partial charge in [-0.25, -0.2) is 0 Å². The molecule has 1 aliphatic carbocycles. The molecular formula is C24H26N6O2. The summed E-state index contributed by atoms with van der Waals surface area (Å²) in [7, 11) is 0. The second kappa shape index (κ2) is 8.90. The van der Waals surface area contributed by atoms with Crippen LogP contribution in [0.5, 0.6) is 0 Å². The number of rotatable bonds is 6. The van der Waals surface area contributed by atoms with E-state index in [0.29, 0.717) is 24.8 Å². The largest absolute Gasteiger partial charge is 0.348 e. The molecule has 164 valence electrons. The number of benzene rings is 2. The fraction of sp³-hybridized carbons (Fsp3) is 0.375. The van der Waals surface area contributed by atoms with Gasteiger partial charge in [0.15, 0.2) is 5.82 Å². The van der Waals surface area contributed by atoms with Crippen molar-refractivity contribution in [3.63, 3.8) is 0 Å². The second-order valence-electron chi connectivity index (χ2n) is 8.62. The van der Waals surface area contributed by atoms with Gasteiger partial charge in [0.1, 0.15) is 0 Å². The van der Waals surface area contributed by atoms with Crippen molar-refractivity contribution in [3.05, 3.63) is 71.5 Å². The summed E-state index contributed by atoms with van der Waals surface area (Å²) < 4.78 is 1.64. The van der Waals surface area contributed by atoms with Gasteiger partial charge in [0.2, 0.25) is 5.91 Å². The van der Waals surface area contributed by atoms with Crippen LogP contribution in [0.4, 0.5) is 0 Å². The summed E-state index contributed by atoms with van der Waals surface area (Å²) >= 11 is 0. The quantitative estimate of drug-likeness (QED) is 0.649. The van der Waals surface area contributed by atoms with Crippen LogP contribution in [0.3, 0.4) is 0 Å². The van der Waals surface area contributed by atoms with Crippen molar-refractivity contribution < 1.29 is 9.59 Å². The minimum absolute atomic E-state index is 0.00113. The van der Waals surface area contributed by atoms with Gasteiger partial charge in [-0.3, -0.25) is 9.59 Å². The summed E-state index contributed by atoms with van der Waals surface area (Å²) in [6.07, 6.45) is 3.60. The SMILES string of the molecule is O=C(NCc1nnnn1-c1ccccc1)C1CCC(CN2Cc3ccccc3C2=O)CC1. The lowest BCUT2D eigenvalue weighted by atomic mass is 9.81. The number of tetrazole rings is 1. The van der Waals surface area contributed by atoms with Gasteiger partial charge < -0.3 is 10.2 Å². The molecule has 2 heterocycles. The standard InChI is InChI=1S/C24H26N6O2/c31-23(25-14-22-26-27-28-30(22)20-7-2-1-3-8-20)18-12-10-17(11-13-18)15-29-16-19-6-4-5-9-21(19)24(29)32/h1-9,17-18H,10-16H2,(H,25,31). The second-order valence-corrected chi connectivity index (χ2v) is 8.62. The van der Waals surface area contributed by atoms with Gasteiger partial charge in [0.05, 0.1) is 12.2 Å². The van der Waals surface area contributed by atoms with E-state index in [2.05, 4.69) is 20.8 Å². The maximum Gasteiger partial charge on any atom is 0.254 e. The smallest absolute Gasteiger partial charge is 0.254 e. The van der Waals surface area contributed by atoms with Crippen LogP contribution in [-0.2, 0) is 17.9 Å². The van der Waals surface area contributed by atoms with E-state index in [-0.39, 0.29) is 17.7 Å². The molecule has 0 unspecified atom stereocenters. The summed E-state index contributed by atoms with van der Waals surface area (Å²) in [5.41, 5.74) is 2.81. The number of nitrogens with zero attached hydrogens (tertiary/aromatic N) is 5. The third-order valence-corrected chi connectivity index (χ3v) is 6.55. The lowest BCUT2D eigenvalue weighted by Gasteiger charge is -2.30. The highest BCUT2D eigenvalue weighted by Gasteiger charge is 2.32. The minimum Gasteiger partial charge on any atom is -0.348 e. The summed E-state index contributed by atoms with van der Waals surface area (Å²) in [5, 5.41) is 14.8. The Kier molecular flexibility index (Phi) is 5.66. The molecule has 1 fully saturated rings. The fourth-order valence-corrected chi connectivity index (χ4v) is 4.78. The van der Waals surface area contributed by atoms with E-state index in [1.165, 1.54) is 0 Å². The monoisotopic (exact) mass is 430 g/mol. The first-order valence-corrected chi connectivity index (χ1v) is 11.2. The molecule has 2 aliphatic rings. The highest BCUT2D eigenvalue weighted by atomic mass is 16.2. The highest BCUT2D eigenvalue weighted by Crippen LogP contribution is 2.32. The number of aromatic nitrogens is 4. The topological polar surface area (TPSA) is 93.0 Å². The average molecular weight is 431 g/mol. The van der Waals surface area contributed by atoms with Crippen LogP contribution in [0.2, 0.25) is 0 Å². The van der Waals surface area contributed by atoms with Gasteiger partial charge in [0.25, 0.3) is 5.91 Å². The minimum atomic E-state index is -0.00113. The Labute approximate surface area is 186 Å². The Morgan fingerprint density at radius 3 is 2.53 bits per heavy atom. The van der Waals surface area contributed by atoms with E-state index in [0.717, 1.165) is 49.0 Å². The molecule has 3 aromatic rings. The first kappa shape index (κ1) is 20.4. The van der Waals surface area contributed by atoms with E-state index in [9.17, 15) is 9.59 Å². The van der Waals surface area contributed by atoms with E-state index >= 15 is 0 Å². The molecule has 1 aromatic heterocycles. The lowest BCUT2D eigenvalue weighted by Crippen LogP contribution is -2.36. The molecule has 8 nitrogen and oxygen atoms in total. The van der Waals surface area contributed by atoms with Crippen LogP contribution in [0.1, 0.15) is 47.4 Å². The molecule has 0 bridgehead atoms. The van der Waals surface area contributed by atoms with Crippen molar-refractivity contribution in [2.24, 2.45) is 11.8 Å². The predicted molar refractivity (Wildman–Crippen MR) is 118 cm³/mol. The predicted octanol–water partition coefficient (Wildman–Crippen LogP) is 2.74. The van der Waals surface area contributed by atoms with Crippen molar-refractivity contribution in [1.82, 2.24) is 30.4 Å². The molecule has 0 spiro atoms. The van der Waals surface area contributed by atoms with Crippen LogP contribution in [0.15, 0.2) is 54.6 Å². The molecular weight excluding hydrogens is 404 g/mol. The van der Waals surface area contributed by atoms with Gasteiger partial charge in [0, 0.05) is 24.6 Å². The summed E-state index contributed by atoms with van der Waals surface area (Å²) in [6, 6.07) is 17.5. The Morgan fingerprint density at radius 2 is 1.75 bits per heavy atom. The zero-order valence-electron chi connectivity index (χ0n) is 17.9. The molecule has 2 aromatic carbocycles. The summed E-state index contributed by atoms with van der Waals surface area (Å²) in [5.74, 6) is 1.24. The van der Waals surface area contributed by atoms with Gasteiger partial charge in [-0.1, -0.05) is 36.4 Å². The molecule has 0 radical (unpaired) electrons. The third-order valence-electron chi connectivity index (χ3n) is 6.55. The van der Waals surface area contributed by atoms with Gasteiger partial charge in [-0.2, -0.15) is 4.68 Å². The van der Waals surface area contributed by atoms with Crippen molar-refractivity contribution in [2.75, 3.05) is 6.54 Å². The number of carbonyl (C=O) groups is 2. The first-order chi connectivity index (χ1) is 15.7. The number of fused-ring (bicyclic) bond motifs is 1. The fourth-order valence-electron chi connectivity index (χ4n) is 4.78.